The zero-order valence-corrected chi connectivity index (χ0v) is 16.6. The molecule has 2 aromatic heterocycles. The number of ether oxygens (including phenoxy) is 1. The van der Waals surface area contributed by atoms with Gasteiger partial charge in [-0.25, -0.2) is 9.97 Å². The number of alkyl halides is 6. The van der Waals surface area contributed by atoms with Gasteiger partial charge in [0, 0.05) is 5.56 Å². The van der Waals surface area contributed by atoms with Crippen molar-refractivity contribution in [2.75, 3.05) is 12.1 Å². The van der Waals surface area contributed by atoms with E-state index in [0.717, 1.165) is 6.26 Å². The molecule has 1 atom stereocenters. The first-order chi connectivity index (χ1) is 15.4. The van der Waals surface area contributed by atoms with Crippen molar-refractivity contribution in [3.05, 3.63) is 60.0 Å². The Kier molecular flexibility index (Phi) is 5.31. The fraction of sp³-hybridized carbons (Fsp3) is 0.250. The van der Waals surface area contributed by atoms with E-state index >= 15 is 0 Å². The molecule has 4 rings (SSSR count). The molecule has 1 unspecified atom stereocenters. The molecule has 1 aliphatic heterocycles. The highest BCUT2D eigenvalue weighted by atomic mass is 19.4. The number of nitrogens with zero attached hydrogens (tertiary/aromatic N) is 4. The molecule has 3 aromatic rings. The van der Waals surface area contributed by atoms with Crippen LogP contribution in [0.1, 0.15) is 17.7 Å². The summed E-state index contributed by atoms with van der Waals surface area (Å²) in [6.45, 7) is 0. The van der Waals surface area contributed by atoms with Crippen molar-refractivity contribution in [2.45, 2.75) is 24.5 Å². The average molecular weight is 472 g/mol. The lowest BCUT2D eigenvalue weighted by Gasteiger charge is -2.32. The quantitative estimate of drug-likeness (QED) is 0.558. The summed E-state index contributed by atoms with van der Waals surface area (Å²) in [5.74, 6) is -1.10. The van der Waals surface area contributed by atoms with Crippen LogP contribution >= 0.6 is 0 Å². The first kappa shape index (κ1) is 22.6. The second-order valence-corrected chi connectivity index (χ2v) is 6.96. The third-order valence-corrected chi connectivity index (χ3v) is 4.82. The number of hydrogen-bond acceptors (Lipinski definition) is 7. The minimum absolute atomic E-state index is 0.0591. The van der Waals surface area contributed by atoms with Crippen LogP contribution in [0.25, 0.3) is 11.5 Å². The van der Waals surface area contributed by atoms with Crippen molar-refractivity contribution in [3.8, 4) is 17.2 Å². The number of hydrogen-bond donors (Lipinski definition) is 1. The monoisotopic (exact) mass is 472 g/mol. The molecule has 33 heavy (non-hydrogen) atoms. The van der Waals surface area contributed by atoms with Gasteiger partial charge in [0.1, 0.15) is 11.4 Å². The largest absolute Gasteiger partial charge is 0.496 e. The number of anilines is 1. The molecule has 0 aliphatic carbocycles. The molecular weight excluding hydrogens is 458 g/mol. The number of benzene rings is 1. The van der Waals surface area contributed by atoms with Gasteiger partial charge in [0.15, 0.2) is 11.5 Å². The summed E-state index contributed by atoms with van der Waals surface area (Å²) < 4.78 is 92.5. The molecule has 0 amide bonds. The summed E-state index contributed by atoms with van der Waals surface area (Å²) in [5.41, 5.74) is -5.86. The molecule has 0 bridgehead atoms. The van der Waals surface area contributed by atoms with Crippen LogP contribution in [0.2, 0.25) is 0 Å². The van der Waals surface area contributed by atoms with Crippen LogP contribution in [-0.4, -0.2) is 39.8 Å². The highest BCUT2D eigenvalue weighted by Crippen LogP contribution is 2.44. The van der Waals surface area contributed by atoms with Crippen molar-refractivity contribution < 1.29 is 40.6 Å². The van der Waals surface area contributed by atoms with Gasteiger partial charge >= 0.3 is 12.4 Å². The lowest BCUT2D eigenvalue weighted by Crippen LogP contribution is -2.55. The third kappa shape index (κ3) is 3.99. The maximum atomic E-state index is 14.0. The molecule has 1 aromatic carbocycles. The fourth-order valence-electron chi connectivity index (χ4n) is 3.23. The van der Waals surface area contributed by atoms with Gasteiger partial charge in [-0.2, -0.15) is 36.5 Å². The molecule has 1 N–H and O–H groups in total. The van der Waals surface area contributed by atoms with Crippen LogP contribution in [0.5, 0.6) is 5.75 Å². The molecule has 13 heteroatoms. The smallest absolute Gasteiger partial charge is 0.438 e. The molecule has 7 nitrogen and oxygen atoms in total. The zero-order chi connectivity index (χ0) is 24.0. The van der Waals surface area contributed by atoms with Crippen LogP contribution in [0.15, 0.2) is 58.2 Å². The van der Waals surface area contributed by atoms with E-state index in [4.69, 9.17) is 9.15 Å². The number of halogens is 6. The highest BCUT2D eigenvalue weighted by molar-refractivity contribution is 6.05. The Morgan fingerprint density at radius 2 is 1.79 bits per heavy atom. The van der Waals surface area contributed by atoms with Crippen LogP contribution < -0.4 is 9.75 Å². The Hall–Kier alpha value is -3.61. The van der Waals surface area contributed by atoms with E-state index in [1.54, 1.807) is 6.07 Å². The van der Waals surface area contributed by atoms with Crippen LogP contribution in [0, 0.1) is 0 Å². The van der Waals surface area contributed by atoms with Gasteiger partial charge in [-0.05, 0) is 30.3 Å². The summed E-state index contributed by atoms with van der Waals surface area (Å²) in [5, 5.41) is 14.3. The van der Waals surface area contributed by atoms with Gasteiger partial charge in [0.25, 0.3) is 5.72 Å². The van der Waals surface area contributed by atoms with E-state index in [1.165, 1.54) is 37.4 Å². The van der Waals surface area contributed by atoms with E-state index in [9.17, 15) is 31.4 Å². The summed E-state index contributed by atoms with van der Waals surface area (Å²) in [6.07, 6.45) is -10.3. The summed E-state index contributed by atoms with van der Waals surface area (Å²) in [7, 11) is 1.29. The highest BCUT2D eigenvalue weighted by Gasteiger charge is 2.63. The number of rotatable bonds is 4. The number of aliphatic hydroxyl groups is 1. The minimum atomic E-state index is -5.33. The molecule has 3 heterocycles. The van der Waals surface area contributed by atoms with E-state index in [0.29, 0.717) is 6.07 Å². The van der Waals surface area contributed by atoms with E-state index < -0.39 is 41.8 Å². The number of para-hydroxylation sites is 1. The molecule has 0 spiro atoms. The van der Waals surface area contributed by atoms with Gasteiger partial charge in [-0.3, -0.25) is 0 Å². The van der Waals surface area contributed by atoms with Gasteiger partial charge in [0.2, 0.25) is 5.95 Å². The van der Waals surface area contributed by atoms with Gasteiger partial charge < -0.3 is 14.3 Å². The SMILES string of the molecule is COc1ccccc1C1=NN(c2nc(-c3ccco3)cc(C(F)(F)F)n2)C(O)(C(F)(F)F)C1. The van der Waals surface area contributed by atoms with E-state index in [1.807, 2.05) is 0 Å². The fourth-order valence-corrected chi connectivity index (χ4v) is 3.23. The van der Waals surface area contributed by atoms with E-state index in [2.05, 4.69) is 15.1 Å². The molecule has 0 saturated heterocycles. The Balaban J connectivity index is 1.92. The first-order valence-electron chi connectivity index (χ1n) is 9.24. The minimum Gasteiger partial charge on any atom is -0.496 e. The number of furan rings is 1. The normalized spacial score (nSPS) is 19.0. The van der Waals surface area contributed by atoms with Gasteiger partial charge in [-0.1, -0.05) is 12.1 Å². The van der Waals surface area contributed by atoms with Crippen LogP contribution in [0.3, 0.4) is 0 Å². The maximum Gasteiger partial charge on any atom is 0.438 e. The average Bonchev–Trinajstić information content (AvgIpc) is 3.41. The predicted molar refractivity (Wildman–Crippen MR) is 102 cm³/mol. The summed E-state index contributed by atoms with van der Waals surface area (Å²) in [4.78, 5) is 7.00. The second-order valence-electron chi connectivity index (χ2n) is 6.96. The third-order valence-electron chi connectivity index (χ3n) is 4.82. The van der Waals surface area contributed by atoms with Crippen molar-refractivity contribution in [1.82, 2.24) is 9.97 Å². The zero-order valence-electron chi connectivity index (χ0n) is 16.6. The lowest BCUT2D eigenvalue weighted by molar-refractivity contribution is -0.254. The molecule has 0 fully saturated rings. The maximum absolute atomic E-state index is 14.0. The first-order valence-corrected chi connectivity index (χ1v) is 9.24. The molecule has 174 valence electrons. The summed E-state index contributed by atoms with van der Waals surface area (Å²) in [6, 6.07) is 9.10. The van der Waals surface area contributed by atoms with Crippen molar-refractivity contribution in [1.29, 1.82) is 0 Å². The second kappa shape index (κ2) is 7.76. The molecule has 0 saturated carbocycles. The Labute approximate surface area is 181 Å². The number of methoxy groups -OCH3 is 1. The Bertz CT molecular complexity index is 1190. The topological polar surface area (TPSA) is 84.0 Å². The molecule has 1 aliphatic rings. The number of hydrazone groups is 1. The summed E-state index contributed by atoms with van der Waals surface area (Å²) >= 11 is 0. The van der Waals surface area contributed by atoms with Gasteiger partial charge in [0.05, 0.1) is 25.5 Å². The Morgan fingerprint density at radius 1 is 1.06 bits per heavy atom. The molecular formula is C20H14F6N4O3. The van der Waals surface area contributed by atoms with Crippen LogP contribution in [0.4, 0.5) is 32.3 Å². The van der Waals surface area contributed by atoms with Crippen LogP contribution in [-0.2, 0) is 6.18 Å². The Morgan fingerprint density at radius 3 is 2.39 bits per heavy atom. The van der Waals surface area contributed by atoms with E-state index in [-0.39, 0.29) is 27.8 Å². The van der Waals surface area contributed by atoms with Gasteiger partial charge in [-0.15, -0.1) is 0 Å². The van der Waals surface area contributed by atoms with Crippen molar-refractivity contribution in [2.24, 2.45) is 5.10 Å². The molecule has 0 radical (unpaired) electrons. The number of aromatic nitrogens is 2. The van der Waals surface area contributed by atoms with Crippen molar-refractivity contribution >= 4 is 11.7 Å². The van der Waals surface area contributed by atoms with Crippen molar-refractivity contribution in [3.63, 3.8) is 0 Å². The predicted octanol–water partition coefficient (Wildman–Crippen LogP) is 4.63. The standard InChI is InChI=1S/C20H14F6N4O3/c1-32-14-6-3-2-5-11(14)13-10-18(31,20(24,25)26)30(29-13)17-27-12(15-7-4-8-33-15)9-16(28-17)19(21,22)23/h2-9,31H,10H2,1H3. The lowest BCUT2D eigenvalue weighted by atomic mass is 10.0.